The lowest BCUT2D eigenvalue weighted by atomic mass is 10.9. The summed E-state index contributed by atoms with van der Waals surface area (Å²) in [6.45, 7) is 0.750. The zero-order chi connectivity index (χ0) is 3.58. The van der Waals surface area contributed by atoms with Gasteiger partial charge in [0.2, 0.25) is 0 Å². The van der Waals surface area contributed by atoms with E-state index in [1.165, 1.54) is 0 Å². The SMILES string of the molecule is C[C+](F)F. The van der Waals surface area contributed by atoms with Crippen LogP contribution in [0.5, 0.6) is 0 Å². The van der Waals surface area contributed by atoms with Crippen molar-refractivity contribution >= 4 is 0 Å². The van der Waals surface area contributed by atoms with Crippen molar-refractivity contribution in [2.24, 2.45) is 0 Å². The molecule has 0 aliphatic carbocycles. The summed E-state index contributed by atoms with van der Waals surface area (Å²) in [6, 6.07) is 0. The smallest absolute Gasteiger partial charge is 0.0422 e. The molecule has 0 N–H and O–H groups in total. The molecule has 0 aromatic rings. The first-order valence-corrected chi connectivity index (χ1v) is 0.878. The van der Waals surface area contributed by atoms with Gasteiger partial charge in [-0.1, -0.05) is 0 Å². The molecule has 4 heavy (non-hydrogen) atoms. The van der Waals surface area contributed by atoms with E-state index in [1.807, 2.05) is 0 Å². The van der Waals surface area contributed by atoms with E-state index in [1.54, 1.807) is 0 Å². The summed E-state index contributed by atoms with van der Waals surface area (Å²) in [6.07, 6.45) is -1.58. The summed E-state index contributed by atoms with van der Waals surface area (Å²) < 4.78 is 20.5. The third-order valence-corrected chi connectivity index (χ3v) is 0. The van der Waals surface area contributed by atoms with Gasteiger partial charge in [0.25, 0.3) is 0 Å². The quantitative estimate of drug-likeness (QED) is 0.374. The van der Waals surface area contributed by atoms with Crippen LogP contribution in [0, 0.1) is 6.43 Å². The van der Waals surface area contributed by atoms with Crippen LogP contribution in [0.2, 0.25) is 0 Å². The maximum atomic E-state index is 10.2. The van der Waals surface area contributed by atoms with Gasteiger partial charge >= 0.3 is 6.43 Å². The zero-order valence-corrected chi connectivity index (χ0v) is 2.26. The second-order valence-electron chi connectivity index (χ2n) is 0.449. The standard InChI is InChI=1S/C2H3F2/c1-2(3)4/h1H3/q+1. The maximum absolute atomic E-state index is 10.2. The normalized spacial score (nSPS) is 6.75. The largest absolute Gasteiger partial charge is 0.502 e. The second kappa shape index (κ2) is 1.10. The minimum atomic E-state index is -1.58. The van der Waals surface area contributed by atoms with Crippen LogP contribution in [0.3, 0.4) is 0 Å². The third kappa shape index (κ3) is 12.6. The lowest BCUT2D eigenvalue weighted by Crippen LogP contribution is -1.54. The fraction of sp³-hybridized carbons (Fsp3) is 0.500. The van der Waals surface area contributed by atoms with Gasteiger partial charge in [0.15, 0.2) is 6.92 Å². The van der Waals surface area contributed by atoms with Crippen LogP contribution in [-0.4, -0.2) is 0 Å². The Balaban J connectivity index is 2.32. The first-order valence-electron chi connectivity index (χ1n) is 0.878. The van der Waals surface area contributed by atoms with Gasteiger partial charge in [0.05, 0.1) is 0 Å². The van der Waals surface area contributed by atoms with Crippen LogP contribution in [-0.2, 0) is 0 Å². The van der Waals surface area contributed by atoms with E-state index in [0.717, 1.165) is 6.92 Å². The van der Waals surface area contributed by atoms with E-state index >= 15 is 0 Å². The van der Waals surface area contributed by atoms with Crippen molar-refractivity contribution in [2.45, 2.75) is 6.92 Å². The molecular weight excluding hydrogens is 62.0 g/mol. The highest BCUT2D eigenvalue weighted by molar-refractivity contribution is 4.39. The molecule has 0 aromatic heterocycles. The van der Waals surface area contributed by atoms with Gasteiger partial charge in [-0.15, -0.1) is 0 Å². The zero-order valence-electron chi connectivity index (χ0n) is 2.26. The van der Waals surface area contributed by atoms with Crippen molar-refractivity contribution < 1.29 is 8.78 Å². The van der Waals surface area contributed by atoms with E-state index in [9.17, 15) is 8.78 Å². The van der Waals surface area contributed by atoms with E-state index in [4.69, 9.17) is 0 Å². The summed E-state index contributed by atoms with van der Waals surface area (Å²) >= 11 is 0. The van der Waals surface area contributed by atoms with Gasteiger partial charge in [-0.25, -0.2) is 0 Å². The van der Waals surface area contributed by atoms with E-state index in [0.29, 0.717) is 0 Å². The summed E-state index contributed by atoms with van der Waals surface area (Å²) in [5.41, 5.74) is 0. The molecule has 0 saturated carbocycles. The number of hydrogen-bond acceptors (Lipinski definition) is 0. The van der Waals surface area contributed by atoms with Gasteiger partial charge in [-0.2, -0.15) is 0 Å². The Hall–Kier alpha value is -0.270. The Morgan fingerprint density at radius 1 is 1.50 bits per heavy atom. The van der Waals surface area contributed by atoms with E-state index in [-0.39, 0.29) is 0 Å². The van der Waals surface area contributed by atoms with Gasteiger partial charge in [0, 0.05) is 8.78 Å². The van der Waals surface area contributed by atoms with E-state index < -0.39 is 6.43 Å². The molecule has 0 spiro atoms. The molecule has 0 aliphatic rings. The summed E-state index contributed by atoms with van der Waals surface area (Å²) in [7, 11) is 0. The third-order valence-electron chi connectivity index (χ3n) is 0. The Labute approximate surface area is 23.4 Å². The molecule has 0 unspecified atom stereocenters. The highest BCUT2D eigenvalue weighted by Crippen LogP contribution is 1.95. The van der Waals surface area contributed by atoms with Crippen LogP contribution >= 0.6 is 0 Å². The summed E-state index contributed by atoms with van der Waals surface area (Å²) in [4.78, 5) is 0. The molecule has 0 heterocycles. The Morgan fingerprint density at radius 3 is 1.50 bits per heavy atom. The predicted octanol–water partition coefficient (Wildman–Crippen LogP) is 1.43. The Kier molecular flexibility index (Phi) is 1.02. The average Bonchev–Trinajstić information content (AvgIpc) is 0.811. The highest BCUT2D eigenvalue weighted by Gasteiger charge is 2.04. The molecule has 0 bridgehead atoms. The van der Waals surface area contributed by atoms with Crippen LogP contribution in [0.15, 0.2) is 0 Å². The highest BCUT2D eigenvalue weighted by atomic mass is 19.3. The van der Waals surface area contributed by atoms with Crippen LogP contribution < -0.4 is 0 Å². The van der Waals surface area contributed by atoms with Crippen molar-refractivity contribution in [3.63, 3.8) is 0 Å². The van der Waals surface area contributed by atoms with E-state index in [2.05, 4.69) is 0 Å². The monoisotopic (exact) mass is 65.0 g/mol. The molecule has 0 rings (SSSR count). The Bertz CT molecular complexity index is 8.75. The summed E-state index contributed by atoms with van der Waals surface area (Å²) in [5, 5.41) is 0. The first kappa shape index (κ1) is 3.73. The van der Waals surface area contributed by atoms with Crippen LogP contribution in [0.25, 0.3) is 0 Å². The van der Waals surface area contributed by atoms with Crippen molar-refractivity contribution in [2.75, 3.05) is 0 Å². The molecule has 2 heteroatoms. The van der Waals surface area contributed by atoms with Gasteiger partial charge in [-0.05, 0) is 0 Å². The van der Waals surface area contributed by atoms with Crippen molar-refractivity contribution in [1.29, 1.82) is 0 Å². The molecule has 0 atom stereocenters. The first-order chi connectivity index (χ1) is 1.73. The van der Waals surface area contributed by atoms with Crippen molar-refractivity contribution in [1.82, 2.24) is 0 Å². The van der Waals surface area contributed by atoms with Crippen molar-refractivity contribution in [3.05, 3.63) is 6.43 Å². The fourth-order valence-electron chi connectivity index (χ4n) is 0. The second-order valence-corrected chi connectivity index (χ2v) is 0.449. The van der Waals surface area contributed by atoms with Gasteiger partial charge in [-0.3, -0.25) is 0 Å². The predicted molar refractivity (Wildman–Crippen MR) is 11.1 cm³/mol. The molecule has 0 nitrogen and oxygen atoms in total. The molecule has 0 aromatic carbocycles. The lowest BCUT2D eigenvalue weighted by molar-refractivity contribution is 0.304. The number of rotatable bonds is 0. The molecule has 0 amide bonds. The molecule has 0 saturated heterocycles. The summed E-state index contributed by atoms with van der Waals surface area (Å²) in [5.74, 6) is 0. The molecular formula is C2H3F2+. The maximum Gasteiger partial charge on any atom is 0.502 e. The lowest BCUT2D eigenvalue weighted by Gasteiger charge is -1.45. The topological polar surface area (TPSA) is 0 Å². The number of hydrogen-bond donors (Lipinski definition) is 0. The van der Waals surface area contributed by atoms with Crippen LogP contribution in [0.1, 0.15) is 6.92 Å². The van der Waals surface area contributed by atoms with Crippen LogP contribution in [0.4, 0.5) is 8.78 Å². The van der Waals surface area contributed by atoms with Gasteiger partial charge < -0.3 is 0 Å². The minimum absolute atomic E-state index is 0.750. The molecule has 24 valence electrons. The van der Waals surface area contributed by atoms with Crippen molar-refractivity contribution in [3.8, 4) is 0 Å². The molecule has 0 aliphatic heterocycles. The average molecular weight is 65.0 g/mol. The minimum Gasteiger partial charge on any atom is 0.0422 e. The fourth-order valence-corrected chi connectivity index (χ4v) is 0. The Morgan fingerprint density at radius 2 is 1.50 bits per heavy atom. The molecule has 0 radical (unpaired) electrons. The number of halogens is 2. The molecule has 0 fully saturated rings. The van der Waals surface area contributed by atoms with Gasteiger partial charge in [0.1, 0.15) is 0 Å².